The van der Waals surface area contributed by atoms with Crippen molar-refractivity contribution in [1.29, 1.82) is 0 Å². The Balaban J connectivity index is 2.22. The number of rotatable bonds is 2. The number of hydrogen-bond acceptors (Lipinski definition) is 5. The summed E-state index contributed by atoms with van der Waals surface area (Å²) in [5, 5.41) is 10.8. The Morgan fingerprint density at radius 3 is 2.80 bits per heavy atom. The molecule has 0 amide bonds. The van der Waals surface area contributed by atoms with Gasteiger partial charge in [0.2, 0.25) is 0 Å². The fourth-order valence-corrected chi connectivity index (χ4v) is 2.48. The summed E-state index contributed by atoms with van der Waals surface area (Å²) in [5.41, 5.74) is -0.0755. The van der Waals surface area contributed by atoms with Crippen LogP contribution in [0.25, 0.3) is 11.0 Å². The summed E-state index contributed by atoms with van der Waals surface area (Å²) in [6, 6.07) is 4.72. The minimum atomic E-state index is -0.966. The van der Waals surface area contributed by atoms with Gasteiger partial charge in [0.15, 0.2) is 0 Å². The lowest BCUT2D eigenvalue weighted by atomic mass is 9.96. The molecule has 1 aromatic carbocycles. The lowest BCUT2D eigenvalue weighted by molar-refractivity contribution is -0.0225. The maximum Gasteiger partial charge on any atom is 0.336 e. The Morgan fingerprint density at radius 1 is 1.40 bits per heavy atom. The Kier molecular flexibility index (Phi) is 2.76. The van der Waals surface area contributed by atoms with Crippen molar-refractivity contribution >= 4 is 11.0 Å². The topological polar surface area (TPSA) is 68.9 Å². The Labute approximate surface area is 115 Å². The highest BCUT2D eigenvalue weighted by molar-refractivity contribution is 5.87. The van der Waals surface area contributed by atoms with E-state index in [9.17, 15) is 9.90 Å². The number of aliphatic hydroxyl groups is 1. The number of benzene rings is 1. The molecule has 1 unspecified atom stereocenters. The van der Waals surface area contributed by atoms with Crippen LogP contribution in [0.15, 0.2) is 27.4 Å². The molecular formula is C15H16O5. The highest BCUT2D eigenvalue weighted by Crippen LogP contribution is 2.43. The van der Waals surface area contributed by atoms with Crippen molar-refractivity contribution in [3.63, 3.8) is 0 Å². The van der Waals surface area contributed by atoms with Crippen LogP contribution in [-0.4, -0.2) is 23.9 Å². The van der Waals surface area contributed by atoms with E-state index in [1.807, 2.05) is 0 Å². The fraction of sp³-hybridized carbons (Fsp3) is 0.400. The van der Waals surface area contributed by atoms with Crippen LogP contribution in [0, 0.1) is 0 Å². The maximum atomic E-state index is 11.3. The Morgan fingerprint density at radius 2 is 2.15 bits per heavy atom. The smallest absolute Gasteiger partial charge is 0.336 e. The maximum absolute atomic E-state index is 11.3. The average Bonchev–Trinajstić information content (AvgIpc) is 2.82. The third kappa shape index (κ3) is 1.94. The van der Waals surface area contributed by atoms with E-state index >= 15 is 0 Å². The van der Waals surface area contributed by atoms with E-state index < -0.39 is 11.2 Å². The number of ether oxygens (including phenoxy) is 2. The molecule has 0 bridgehead atoms. The predicted molar refractivity (Wildman–Crippen MR) is 73.5 cm³/mol. The standard InChI is InChI=1S/C15H16O5/c1-15(2,17)12-6-9-10(18-3)7-11-8(14(9)20-12)4-5-13(16)19-11/h4-5,7,12,17H,6H2,1-3H3. The minimum Gasteiger partial charge on any atom is -0.496 e. The van der Waals surface area contributed by atoms with Crippen molar-refractivity contribution in [3.8, 4) is 11.5 Å². The molecule has 106 valence electrons. The van der Waals surface area contributed by atoms with Gasteiger partial charge < -0.3 is 19.0 Å². The first-order valence-electron chi connectivity index (χ1n) is 6.43. The van der Waals surface area contributed by atoms with Crippen molar-refractivity contribution in [2.75, 3.05) is 7.11 Å². The van der Waals surface area contributed by atoms with Gasteiger partial charge in [0.05, 0.1) is 18.1 Å². The van der Waals surface area contributed by atoms with Crippen LogP contribution in [0.5, 0.6) is 11.5 Å². The van der Waals surface area contributed by atoms with Gasteiger partial charge in [0, 0.05) is 24.1 Å². The third-order valence-corrected chi connectivity index (χ3v) is 3.60. The first-order chi connectivity index (χ1) is 9.40. The van der Waals surface area contributed by atoms with Gasteiger partial charge in [-0.1, -0.05) is 0 Å². The second-order valence-electron chi connectivity index (χ2n) is 5.52. The molecule has 1 aliphatic heterocycles. The van der Waals surface area contributed by atoms with Crippen LogP contribution in [-0.2, 0) is 6.42 Å². The molecule has 0 radical (unpaired) electrons. The molecule has 2 heterocycles. The van der Waals surface area contributed by atoms with E-state index in [-0.39, 0.29) is 6.10 Å². The molecule has 0 spiro atoms. The van der Waals surface area contributed by atoms with Gasteiger partial charge in [0.25, 0.3) is 0 Å². The summed E-state index contributed by atoms with van der Waals surface area (Å²) in [6.07, 6.45) is 0.195. The van der Waals surface area contributed by atoms with Gasteiger partial charge in [-0.05, 0) is 19.9 Å². The number of hydrogen-bond donors (Lipinski definition) is 1. The van der Waals surface area contributed by atoms with Gasteiger partial charge in [-0.15, -0.1) is 0 Å². The van der Waals surface area contributed by atoms with Gasteiger partial charge in [-0.3, -0.25) is 0 Å². The first-order valence-corrected chi connectivity index (χ1v) is 6.43. The Bertz CT molecular complexity index is 723. The minimum absolute atomic E-state index is 0.357. The van der Waals surface area contributed by atoms with E-state index in [1.54, 1.807) is 33.1 Å². The molecule has 3 rings (SSSR count). The van der Waals surface area contributed by atoms with Crippen LogP contribution in [0.2, 0.25) is 0 Å². The Hall–Kier alpha value is -2.01. The largest absolute Gasteiger partial charge is 0.496 e. The van der Waals surface area contributed by atoms with Crippen molar-refractivity contribution < 1.29 is 19.0 Å². The van der Waals surface area contributed by atoms with E-state index in [0.717, 1.165) is 5.56 Å². The van der Waals surface area contributed by atoms with Crippen molar-refractivity contribution in [2.45, 2.75) is 32.0 Å². The van der Waals surface area contributed by atoms with Gasteiger partial charge >= 0.3 is 5.63 Å². The van der Waals surface area contributed by atoms with E-state index in [0.29, 0.717) is 28.9 Å². The van der Waals surface area contributed by atoms with Crippen LogP contribution >= 0.6 is 0 Å². The second-order valence-corrected chi connectivity index (χ2v) is 5.52. The zero-order valence-electron chi connectivity index (χ0n) is 11.6. The van der Waals surface area contributed by atoms with Gasteiger partial charge in [-0.25, -0.2) is 4.79 Å². The highest BCUT2D eigenvalue weighted by Gasteiger charge is 2.37. The third-order valence-electron chi connectivity index (χ3n) is 3.60. The highest BCUT2D eigenvalue weighted by atomic mass is 16.5. The summed E-state index contributed by atoms with van der Waals surface area (Å²) in [4.78, 5) is 11.3. The zero-order valence-corrected chi connectivity index (χ0v) is 11.6. The fourth-order valence-electron chi connectivity index (χ4n) is 2.48. The summed E-state index contributed by atoms with van der Waals surface area (Å²) in [6.45, 7) is 3.41. The van der Waals surface area contributed by atoms with E-state index in [2.05, 4.69) is 0 Å². The summed E-state index contributed by atoms with van der Waals surface area (Å²) < 4.78 is 16.4. The molecule has 0 saturated carbocycles. The molecule has 0 saturated heterocycles. The quantitative estimate of drug-likeness (QED) is 0.848. The molecule has 0 fully saturated rings. The van der Waals surface area contributed by atoms with Crippen LogP contribution < -0.4 is 15.1 Å². The molecule has 5 heteroatoms. The second kappa shape index (κ2) is 4.24. The lowest BCUT2D eigenvalue weighted by Gasteiger charge is -2.24. The first kappa shape index (κ1) is 13.0. The molecule has 5 nitrogen and oxygen atoms in total. The van der Waals surface area contributed by atoms with E-state index in [4.69, 9.17) is 13.9 Å². The molecule has 0 aliphatic carbocycles. The molecule has 1 N–H and O–H groups in total. The van der Waals surface area contributed by atoms with E-state index in [1.165, 1.54) is 6.07 Å². The average molecular weight is 276 g/mol. The summed E-state index contributed by atoms with van der Waals surface area (Å²) >= 11 is 0. The van der Waals surface area contributed by atoms with Gasteiger partial charge in [-0.2, -0.15) is 0 Å². The molecule has 2 aromatic rings. The predicted octanol–water partition coefficient (Wildman–Crippen LogP) is 1.88. The summed E-state index contributed by atoms with van der Waals surface area (Å²) in [5.74, 6) is 1.23. The monoisotopic (exact) mass is 276 g/mol. The molecular weight excluding hydrogens is 260 g/mol. The number of methoxy groups -OCH3 is 1. The SMILES string of the molecule is COc1cc2oc(=O)ccc2c2c1CC(C(C)(C)O)O2. The zero-order chi connectivity index (χ0) is 14.5. The van der Waals surface area contributed by atoms with Crippen molar-refractivity contribution in [2.24, 2.45) is 0 Å². The lowest BCUT2D eigenvalue weighted by Crippen LogP contribution is -2.39. The number of fused-ring (bicyclic) bond motifs is 3. The van der Waals surface area contributed by atoms with Crippen LogP contribution in [0.4, 0.5) is 0 Å². The summed E-state index contributed by atoms with van der Waals surface area (Å²) in [7, 11) is 1.56. The molecule has 20 heavy (non-hydrogen) atoms. The van der Waals surface area contributed by atoms with Crippen LogP contribution in [0.3, 0.4) is 0 Å². The van der Waals surface area contributed by atoms with Gasteiger partial charge in [0.1, 0.15) is 23.2 Å². The molecule has 1 aromatic heterocycles. The normalized spacial score (nSPS) is 17.9. The molecule has 1 aliphatic rings. The molecule has 1 atom stereocenters. The van der Waals surface area contributed by atoms with Crippen molar-refractivity contribution in [1.82, 2.24) is 0 Å². The van der Waals surface area contributed by atoms with Crippen LogP contribution in [0.1, 0.15) is 19.4 Å². The van der Waals surface area contributed by atoms with Crippen molar-refractivity contribution in [3.05, 3.63) is 34.2 Å².